The molecule has 10 heavy (non-hydrogen) atoms. The Kier molecular flexibility index (Phi) is 2.87. The summed E-state index contributed by atoms with van der Waals surface area (Å²) in [6.45, 7) is 2.16. The van der Waals surface area contributed by atoms with Gasteiger partial charge < -0.3 is 0 Å². The number of nitrogens with zero attached hydrogens (tertiary/aromatic N) is 2. The first-order valence-electron chi connectivity index (χ1n) is 3.61. The van der Waals surface area contributed by atoms with E-state index in [1.165, 1.54) is 6.42 Å². The van der Waals surface area contributed by atoms with Crippen LogP contribution in [0.2, 0.25) is 0 Å². The van der Waals surface area contributed by atoms with Crippen molar-refractivity contribution in [1.29, 1.82) is 0 Å². The molecule has 0 amide bonds. The minimum absolute atomic E-state index is 0.907. The molecule has 0 spiro atoms. The quantitative estimate of drug-likeness (QED) is 0.629. The average Bonchev–Trinajstić information content (AvgIpc) is 2.03. The normalized spacial score (nSPS) is 9.70. The Labute approximate surface area is 61.3 Å². The first-order valence-corrected chi connectivity index (χ1v) is 3.61. The minimum atomic E-state index is 0.907. The molecule has 1 aromatic heterocycles. The predicted molar refractivity (Wildman–Crippen MR) is 39.5 cm³/mol. The molecule has 0 aliphatic rings. The largest absolute Gasteiger partial charge is 0.241 e. The Morgan fingerprint density at radius 3 is 3.10 bits per heavy atom. The second-order valence-corrected chi connectivity index (χ2v) is 2.21. The van der Waals surface area contributed by atoms with Gasteiger partial charge in [0, 0.05) is 12.6 Å². The fourth-order valence-electron chi connectivity index (χ4n) is 0.753. The third-order valence-electron chi connectivity index (χ3n) is 1.32. The molecule has 0 bridgehead atoms. The zero-order chi connectivity index (χ0) is 7.23. The highest BCUT2D eigenvalue weighted by Gasteiger charge is 1.91. The van der Waals surface area contributed by atoms with Crippen molar-refractivity contribution in [3.8, 4) is 0 Å². The Morgan fingerprint density at radius 1 is 1.60 bits per heavy atom. The van der Waals surface area contributed by atoms with Gasteiger partial charge in [0.1, 0.15) is 5.82 Å². The zero-order valence-corrected chi connectivity index (χ0v) is 6.17. The zero-order valence-electron chi connectivity index (χ0n) is 6.17. The molecule has 0 aliphatic carbocycles. The molecule has 1 aromatic rings. The van der Waals surface area contributed by atoms with Crippen molar-refractivity contribution >= 4 is 0 Å². The molecular weight excluding hydrogens is 124 g/mol. The van der Waals surface area contributed by atoms with Crippen molar-refractivity contribution in [3.05, 3.63) is 24.3 Å². The van der Waals surface area contributed by atoms with Crippen LogP contribution >= 0.6 is 0 Å². The van der Waals surface area contributed by atoms with Crippen LogP contribution in [0.15, 0.2) is 12.3 Å². The number of hydrogen-bond donors (Lipinski definition) is 0. The third kappa shape index (κ3) is 2.13. The van der Waals surface area contributed by atoms with Crippen LogP contribution in [0.25, 0.3) is 0 Å². The second kappa shape index (κ2) is 3.99. The lowest BCUT2D eigenvalue weighted by atomic mass is 10.2. The maximum Gasteiger partial charge on any atom is 0.129 e. The van der Waals surface area contributed by atoms with Gasteiger partial charge in [0.2, 0.25) is 0 Å². The van der Waals surface area contributed by atoms with Gasteiger partial charge in [-0.25, -0.2) is 9.97 Å². The van der Waals surface area contributed by atoms with E-state index in [-0.39, 0.29) is 0 Å². The molecule has 0 fully saturated rings. The molecule has 0 atom stereocenters. The first kappa shape index (κ1) is 7.19. The number of aromatic nitrogens is 2. The van der Waals surface area contributed by atoms with Crippen LogP contribution in [0.5, 0.6) is 0 Å². The molecule has 1 rings (SSSR count). The Hall–Kier alpha value is -0.920. The molecule has 1 heterocycles. The summed E-state index contributed by atoms with van der Waals surface area (Å²) in [7, 11) is 0. The highest BCUT2D eigenvalue weighted by atomic mass is 14.8. The van der Waals surface area contributed by atoms with E-state index in [4.69, 9.17) is 0 Å². The standard InChI is InChI=1S/C8H11N2/c1-2-3-5-8-9-6-4-7-10-8/h4,6H,2-3,5H2,1H3. The molecule has 2 nitrogen and oxygen atoms in total. The van der Waals surface area contributed by atoms with Gasteiger partial charge in [-0.2, -0.15) is 0 Å². The van der Waals surface area contributed by atoms with Crippen LogP contribution in [0.1, 0.15) is 25.6 Å². The lowest BCUT2D eigenvalue weighted by Crippen LogP contribution is -1.92. The number of aryl methyl sites for hydroxylation is 1. The summed E-state index contributed by atoms with van der Waals surface area (Å²) in [4.78, 5) is 8.05. The molecule has 2 heteroatoms. The summed E-state index contributed by atoms with van der Waals surface area (Å²) in [6.07, 6.45) is 7.83. The van der Waals surface area contributed by atoms with E-state index < -0.39 is 0 Å². The third-order valence-corrected chi connectivity index (χ3v) is 1.32. The van der Waals surface area contributed by atoms with Crippen LogP contribution in [-0.2, 0) is 6.42 Å². The van der Waals surface area contributed by atoms with Crippen LogP contribution in [0.4, 0.5) is 0 Å². The van der Waals surface area contributed by atoms with Crippen molar-refractivity contribution in [2.45, 2.75) is 26.2 Å². The van der Waals surface area contributed by atoms with E-state index in [0.717, 1.165) is 18.7 Å². The van der Waals surface area contributed by atoms with Crippen molar-refractivity contribution in [3.63, 3.8) is 0 Å². The Bertz CT molecular complexity index is 172. The topological polar surface area (TPSA) is 25.8 Å². The maximum atomic E-state index is 4.07. The molecule has 53 valence electrons. The highest BCUT2D eigenvalue weighted by molar-refractivity contribution is 4.86. The number of hydrogen-bond acceptors (Lipinski definition) is 2. The van der Waals surface area contributed by atoms with Crippen LogP contribution in [0, 0.1) is 6.20 Å². The SMILES string of the molecule is CCCCc1n[c]ccn1. The summed E-state index contributed by atoms with van der Waals surface area (Å²) in [5.74, 6) is 0.907. The van der Waals surface area contributed by atoms with Crippen LogP contribution in [0.3, 0.4) is 0 Å². The van der Waals surface area contributed by atoms with Gasteiger partial charge in [0.05, 0.1) is 6.20 Å². The van der Waals surface area contributed by atoms with Crippen molar-refractivity contribution in [2.24, 2.45) is 0 Å². The van der Waals surface area contributed by atoms with Crippen LogP contribution < -0.4 is 0 Å². The van der Waals surface area contributed by atoms with E-state index in [0.29, 0.717) is 0 Å². The predicted octanol–water partition coefficient (Wildman–Crippen LogP) is 1.62. The fourth-order valence-corrected chi connectivity index (χ4v) is 0.753. The van der Waals surface area contributed by atoms with E-state index in [1.807, 2.05) is 0 Å². The van der Waals surface area contributed by atoms with E-state index in [9.17, 15) is 0 Å². The molecule has 1 radical (unpaired) electrons. The maximum absolute atomic E-state index is 4.07. The van der Waals surface area contributed by atoms with Crippen molar-refractivity contribution in [2.75, 3.05) is 0 Å². The molecule has 0 unspecified atom stereocenters. The monoisotopic (exact) mass is 135 g/mol. The van der Waals surface area contributed by atoms with Gasteiger partial charge in [-0.15, -0.1) is 0 Å². The van der Waals surface area contributed by atoms with Gasteiger partial charge in [-0.1, -0.05) is 13.3 Å². The lowest BCUT2D eigenvalue weighted by Gasteiger charge is -1.93. The van der Waals surface area contributed by atoms with Gasteiger partial charge >= 0.3 is 0 Å². The van der Waals surface area contributed by atoms with E-state index in [2.05, 4.69) is 23.1 Å². The summed E-state index contributed by atoms with van der Waals surface area (Å²) >= 11 is 0. The summed E-state index contributed by atoms with van der Waals surface area (Å²) in [5, 5.41) is 0. The first-order chi connectivity index (χ1) is 4.93. The van der Waals surface area contributed by atoms with Crippen molar-refractivity contribution in [1.82, 2.24) is 9.97 Å². The average molecular weight is 135 g/mol. The van der Waals surface area contributed by atoms with E-state index in [1.54, 1.807) is 12.3 Å². The fraction of sp³-hybridized carbons (Fsp3) is 0.500. The molecule has 0 N–H and O–H groups in total. The highest BCUT2D eigenvalue weighted by Crippen LogP contribution is 1.95. The lowest BCUT2D eigenvalue weighted by molar-refractivity contribution is 0.751. The molecule has 0 saturated carbocycles. The molecule has 0 aliphatic heterocycles. The number of unbranched alkanes of at least 4 members (excludes halogenated alkanes) is 1. The molecular formula is C8H11N2. The van der Waals surface area contributed by atoms with E-state index >= 15 is 0 Å². The van der Waals surface area contributed by atoms with Crippen LogP contribution in [-0.4, -0.2) is 9.97 Å². The summed E-state index contributed by atoms with van der Waals surface area (Å²) in [5.41, 5.74) is 0. The van der Waals surface area contributed by atoms with Crippen molar-refractivity contribution < 1.29 is 0 Å². The molecule has 0 saturated heterocycles. The van der Waals surface area contributed by atoms with Gasteiger partial charge in [-0.05, 0) is 12.5 Å². The van der Waals surface area contributed by atoms with Gasteiger partial charge in [0.25, 0.3) is 0 Å². The second-order valence-electron chi connectivity index (χ2n) is 2.21. The van der Waals surface area contributed by atoms with Gasteiger partial charge in [0.15, 0.2) is 0 Å². The van der Waals surface area contributed by atoms with Gasteiger partial charge in [-0.3, -0.25) is 0 Å². The smallest absolute Gasteiger partial charge is 0.129 e. The summed E-state index contributed by atoms with van der Waals surface area (Å²) in [6, 6.07) is 1.72. The Morgan fingerprint density at radius 2 is 2.50 bits per heavy atom. The minimum Gasteiger partial charge on any atom is -0.241 e. The Balaban J connectivity index is 2.43. The summed E-state index contributed by atoms with van der Waals surface area (Å²) < 4.78 is 0. The molecule has 0 aromatic carbocycles. The number of rotatable bonds is 3.